The molecule has 0 aromatic heterocycles. The maximum atomic E-state index is 7.18. The van der Waals surface area contributed by atoms with Crippen LogP contribution in [0.4, 0.5) is 0 Å². The van der Waals surface area contributed by atoms with Gasteiger partial charge in [-0.25, -0.2) is 0 Å². The first-order valence-corrected chi connectivity index (χ1v) is 4.41. The maximum Gasteiger partial charge on any atom is -0.00135 e. The van der Waals surface area contributed by atoms with Gasteiger partial charge in [-0.3, -0.25) is 0 Å². The van der Waals surface area contributed by atoms with Crippen molar-refractivity contribution in [2.75, 3.05) is 0 Å². The molecule has 1 rings (SSSR count). The molecule has 1 aromatic rings. The van der Waals surface area contributed by atoms with E-state index >= 15 is 0 Å². The van der Waals surface area contributed by atoms with Crippen molar-refractivity contribution < 1.29 is 0 Å². The molecule has 12 heavy (non-hydrogen) atoms. The molecule has 0 aliphatic carbocycles. The van der Waals surface area contributed by atoms with E-state index in [1.165, 1.54) is 5.56 Å². The van der Waals surface area contributed by atoms with E-state index in [0.29, 0.717) is 5.92 Å². The highest BCUT2D eigenvalue weighted by Crippen LogP contribution is 2.09. The second-order valence-corrected chi connectivity index (χ2v) is 3.02. The van der Waals surface area contributed by atoms with Gasteiger partial charge in [0.25, 0.3) is 0 Å². The Bertz CT molecular complexity index is 228. The fraction of sp³-hybridized carbons (Fsp3) is 0.364. The van der Waals surface area contributed by atoms with Gasteiger partial charge in [-0.2, -0.15) is 0 Å². The molecular formula is C11H15N. The second-order valence-electron chi connectivity index (χ2n) is 3.02. The maximum absolute atomic E-state index is 7.18. The van der Waals surface area contributed by atoms with Gasteiger partial charge >= 0.3 is 0 Å². The van der Waals surface area contributed by atoms with Crippen molar-refractivity contribution in [2.45, 2.75) is 19.8 Å². The molecule has 1 atom stereocenters. The van der Waals surface area contributed by atoms with Crippen LogP contribution in [0.15, 0.2) is 30.3 Å². The van der Waals surface area contributed by atoms with E-state index in [2.05, 4.69) is 19.1 Å². The molecule has 0 saturated heterocycles. The predicted octanol–water partition coefficient (Wildman–Crippen LogP) is 2.90. The molecule has 1 heteroatoms. The van der Waals surface area contributed by atoms with E-state index in [-0.39, 0.29) is 0 Å². The minimum Gasteiger partial charge on any atom is -0.313 e. The minimum atomic E-state index is 0.410. The Labute approximate surface area is 73.9 Å². The topological polar surface area (TPSA) is 23.9 Å². The van der Waals surface area contributed by atoms with Crippen molar-refractivity contribution >= 4 is 6.21 Å². The largest absolute Gasteiger partial charge is 0.313 e. The Balaban J connectivity index is 2.56. The molecule has 0 aliphatic heterocycles. The summed E-state index contributed by atoms with van der Waals surface area (Å²) in [6.07, 6.45) is 3.60. The number of rotatable bonds is 4. The molecule has 0 amide bonds. The first kappa shape index (κ1) is 8.98. The standard InChI is InChI=1S/C11H15N/c1-2-10(9-12)8-11-6-4-3-5-7-11/h3-7,9-10,12H,2,8H2,1H3/t10-/m1/s1. The molecular weight excluding hydrogens is 146 g/mol. The zero-order valence-corrected chi connectivity index (χ0v) is 7.46. The monoisotopic (exact) mass is 161 g/mol. The van der Waals surface area contributed by atoms with E-state index in [1.54, 1.807) is 6.21 Å². The molecule has 0 spiro atoms. The summed E-state index contributed by atoms with van der Waals surface area (Å²) in [4.78, 5) is 0. The van der Waals surface area contributed by atoms with Crippen molar-refractivity contribution in [3.8, 4) is 0 Å². The van der Waals surface area contributed by atoms with E-state index in [4.69, 9.17) is 5.41 Å². The van der Waals surface area contributed by atoms with Crippen molar-refractivity contribution in [3.05, 3.63) is 35.9 Å². The molecule has 0 radical (unpaired) electrons. The second kappa shape index (κ2) is 4.70. The fourth-order valence-corrected chi connectivity index (χ4v) is 1.24. The highest BCUT2D eigenvalue weighted by molar-refractivity contribution is 5.57. The molecule has 0 bridgehead atoms. The molecule has 0 saturated carbocycles. The summed E-state index contributed by atoms with van der Waals surface area (Å²) in [5, 5.41) is 7.18. The lowest BCUT2D eigenvalue weighted by Gasteiger charge is -2.07. The van der Waals surface area contributed by atoms with E-state index in [0.717, 1.165) is 12.8 Å². The summed E-state index contributed by atoms with van der Waals surface area (Å²) in [5.41, 5.74) is 1.33. The lowest BCUT2D eigenvalue weighted by atomic mass is 9.98. The third kappa shape index (κ3) is 2.50. The van der Waals surface area contributed by atoms with Gasteiger partial charge in [-0.05, 0) is 30.5 Å². The van der Waals surface area contributed by atoms with Gasteiger partial charge in [0.05, 0.1) is 0 Å². The summed E-state index contributed by atoms with van der Waals surface area (Å²) < 4.78 is 0. The van der Waals surface area contributed by atoms with Gasteiger partial charge < -0.3 is 5.41 Å². The zero-order valence-electron chi connectivity index (χ0n) is 7.46. The van der Waals surface area contributed by atoms with Crippen molar-refractivity contribution in [3.63, 3.8) is 0 Å². The van der Waals surface area contributed by atoms with Gasteiger partial charge in [-0.1, -0.05) is 37.3 Å². The van der Waals surface area contributed by atoms with Crippen LogP contribution >= 0.6 is 0 Å². The third-order valence-corrected chi connectivity index (χ3v) is 2.10. The van der Waals surface area contributed by atoms with Crippen molar-refractivity contribution in [1.82, 2.24) is 0 Å². The summed E-state index contributed by atoms with van der Waals surface area (Å²) in [6, 6.07) is 10.4. The quantitative estimate of drug-likeness (QED) is 0.656. The number of nitrogens with one attached hydrogen (secondary N) is 1. The van der Waals surface area contributed by atoms with Crippen molar-refractivity contribution in [1.29, 1.82) is 5.41 Å². The van der Waals surface area contributed by atoms with Gasteiger partial charge in [0.2, 0.25) is 0 Å². The highest BCUT2D eigenvalue weighted by atomic mass is 14.3. The fourth-order valence-electron chi connectivity index (χ4n) is 1.24. The van der Waals surface area contributed by atoms with Crippen LogP contribution in [0.1, 0.15) is 18.9 Å². The molecule has 0 aliphatic rings. The molecule has 0 unspecified atom stereocenters. The van der Waals surface area contributed by atoms with Crippen LogP contribution in [-0.2, 0) is 6.42 Å². The van der Waals surface area contributed by atoms with Crippen LogP contribution in [0.25, 0.3) is 0 Å². The Morgan fingerprint density at radius 2 is 2.00 bits per heavy atom. The Morgan fingerprint density at radius 1 is 1.33 bits per heavy atom. The minimum absolute atomic E-state index is 0.410. The summed E-state index contributed by atoms with van der Waals surface area (Å²) >= 11 is 0. The third-order valence-electron chi connectivity index (χ3n) is 2.10. The molecule has 64 valence electrons. The van der Waals surface area contributed by atoms with Crippen LogP contribution in [0, 0.1) is 11.3 Å². The van der Waals surface area contributed by atoms with Crippen LogP contribution < -0.4 is 0 Å². The Kier molecular flexibility index (Phi) is 3.52. The van der Waals surface area contributed by atoms with Gasteiger partial charge in [0.1, 0.15) is 0 Å². The number of hydrogen-bond donors (Lipinski definition) is 1. The van der Waals surface area contributed by atoms with Crippen LogP contribution in [-0.4, -0.2) is 6.21 Å². The average Bonchev–Trinajstić information content (AvgIpc) is 2.16. The first-order valence-electron chi connectivity index (χ1n) is 4.41. The SMILES string of the molecule is CC[C@@H](C=N)Cc1ccccc1. The predicted molar refractivity (Wildman–Crippen MR) is 52.7 cm³/mol. The normalized spacial score (nSPS) is 12.4. The molecule has 0 heterocycles. The molecule has 1 N–H and O–H groups in total. The van der Waals surface area contributed by atoms with Gasteiger partial charge in [-0.15, -0.1) is 0 Å². The number of hydrogen-bond acceptors (Lipinski definition) is 1. The van der Waals surface area contributed by atoms with Crippen molar-refractivity contribution in [2.24, 2.45) is 5.92 Å². The van der Waals surface area contributed by atoms with Gasteiger partial charge in [0.15, 0.2) is 0 Å². The summed E-state index contributed by atoms with van der Waals surface area (Å²) in [6.45, 7) is 2.12. The van der Waals surface area contributed by atoms with E-state index in [1.807, 2.05) is 18.2 Å². The smallest absolute Gasteiger partial charge is 0.00135 e. The lowest BCUT2D eigenvalue weighted by Crippen LogP contribution is -2.03. The highest BCUT2D eigenvalue weighted by Gasteiger charge is 2.02. The molecule has 1 nitrogen and oxygen atoms in total. The van der Waals surface area contributed by atoms with E-state index < -0.39 is 0 Å². The number of benzene rings is 1. The Morgan fingerprint density at radius 3 is 2.50 bits per heavy atom. The first-order chi connectivity index (χ1) is 5.86. The van der Waals surface area contributed by atoms with Gasteiger partial charge in [0, 0.05) is 0 Å². The van der Waals surface area contributed by atoms with Crippen LogP contribution in [0.5, 0.6) is 0 Å². The van der Waals surface area contributed by atoms with Crippen LogP contribution in [0.3, 0.4) is 0 Å². The molecule has 1 aromatic carbocycles. The van der Waals surface area contributed by atoms with E-state index in [9.17, 15) is 0 Å². The Hall–Kier alpha value is -1.11. The average molecular weight is 161 g/mol. The summed E-state index contributed by atoms with van der Waals surface area (Å²) in [7, 11) is 0. The zero-order chi connectivity index (χ0) is 8.81. The summed E-state index contributed by atoms with van der Waals surface area (Å²) in [5.74, 6) is 0.410. The molecule has 0 fully saturated rings. The lowest BCUT2D eigenvalue weighted by molar-refractivity contribution is 0.672. The van der Waals surface area contributed by atoms with Crippen LogP contribution in [0.2, 0.25) is 0 Å².